The highest BCUT2D eigenvalue weighted by atomic mass is 16.1. The SMILES string of the molecule is CC(=O)CC(c1ccccc1)C(C(=O)c1ccccc1)c1ccccc1. The van der Waals surface area contributed by atoms with Crippen molar-refractivity contribution in [1.29, 1.82) is 0 Å². The van der Waals surface area contributed by atoms with Gasteiger partial charge in [0.2, 0.25) is 0 Å². The zero-order chi connectivity index (χ0) is 18.4. The minimum Gasteiger partial charge on any atom is -0.300 e. The summed E-state index contributed by atoms with van der Waals surface area (Å²) < 4.78 is 0. The van der Waals surface area contributed by atoms with Gasteiger partial charge in [0.1, 0.15) is 5.78 Å². The lowest BCUT2D eigenvalue weighted by molar-refractivity contribution is -0.117. The van der Waals surface area contributed by atoms with Crippen LogP contribution in [-0.4, -0.2) is 11.6 Å². The lowest BCUT2D eigenvalue weighted by atomic mass is 9.75. The van der Waals surface area contributed by atoms with E-state index in [1.807, 2.05) is 91.0 Å². The summed E-state index contributed by atoms with van der Waals surface area (Å²) in [7, 11) is 0. The predicted molar refractivity (Wildman–Crippen MR) is 104 cm³/mol. The fourth-order valence-electron chi connectivity index (χ4n) is 3.45. The van der Waals surface area contributed by atoms with Crippen molar-refractivity contribution in [2.45, 2.75) is 25.2 Å². The maximum atomic E-state index is 13.4. The Kier molecular flexibility index (Phi) is 5.75. The predicted octanol–water partition coefficient (Wildman–Crippen LogP) is 5.42. The van der Waals surface area contributed by atoms with E-state index in [1.54, 1.807) is 6.92 Å². The summed E-state index contributed by atoms with van der Waals surface area (Å²) in [5.41, 5.74) is 2.63. The maximum Gasteiger partial charge on any atom is 0.170 e. The second kappa shape index (κ2) is 8.39. The number of carbonyl (C=O) groups excluding carboxylic acids is 2. The zero-order valence-electron chi connectivity index (χ0n) is 14.8. The van der Waals surface area contributed by atoms with Gasteiger partial charge in [-0.15, -0.1) is 0 Å². The molecule has 0 aliphatic heterocycles. The first kappa shape index (κ1) is 17.8. The Bertz CT molecular complexity index is 854. The van der Waals surface area contributed by atoms with E-state index < -0.39 is 5.92 Å². The quantitative estimate of drug-likeness (QED) is 0.538. The Morgan fingerprint density at radius 2 is 1.15 bits per heavy atom. The van der Waals surface area contributed by atoms with Crippen LogP contribution >= 0.6 is 0 Å². The summed E-state index contributed by atoms with van der Waals surface area (Å²) in [4.78, 5) is 25.4. The molecule has 26 heavy (non-hydrogen) atoms. The van der Waals surface area contributed by atoms with Crippen LogP contribution in [0.4, 0.5) is 0 Å². The zero-order valence-corrected chi connectivity index (χ0v) is 14.8. The van der Waals surface area contributed by atoms with Crippen molar-refractivity contribution in [3.05, 3.63) is 108 Å². The monoisotopic (exact) mass is 342 g/mol. The molecule has 0 amide bonds. The van der Waals surface area contributed by atoms with Gasteiger partial charge in [-0.1, -0.05) is 91.0 Å². The number of rotatable bonds is 7. The Hall–Kier alpha value is -3.00. The molecule has 0 heterocycles. The van der Waals surface area contributed by atoms with Gasteiger partial charge in [0.05, 0.1) is 5.92 Å². The molecule has 0 saturated carbocycles. The van der Waals surface area contributed by atoms with Crippen molar-refractivity contribution < 1.29 is 9.59 Å². The van der Waals surface area contributed by atoms with Crippen LogP contribution in [0.3, 0.4) is 0 Å². The molecule has 2 unspecified atom stereocenters. The van der Waals surface area contributed by atoms with Gasteiger partial charge in [-0.05, 0) is 18.1 Å². The first-order valence-corrected chi connectivity index (χ1v) is 8.85. The summed E-state index contributed by atoms with van der Waals surface area (Å²) in [5.74, 6) is -0.457. The van der Waals surface area contributed by atoms with Crippen molar-refractivity contribution in [2.75, 3.05) is 0 Å². The first-order chi connectivity index (χ1) is 12.7. The molecule has 0 aromatic heterocycles. The molecule has 0 bridgehead atoms. The van der Waals surface area contributed by atoms with E-state index in [2.05, 4.69) is 0 Å². The molecule has 0 aliphatic rings. The van der Waals surface area contributed by atoms with Crippen LogP contribution in [0.5, 0.6) is 0 Å². The largest absolute Gasteiger partial charge is 0.300 e. The lowest BCUT2D eigenvalue weighted by Gasteiger charge is -2.26. The molecule has 0 N–H and O–H groups in total. The molecule has 0 aliphatic carbocycles. The number of ketones is 2. The maximum absolute atomic E-state index is 13.4. The van der Waals surface area contributed by atoms with E-state index in [0.29, 0.717) is 12.0 Å². The van der Waals surface area contributed by atoms with Crippen LogP contribution in [0.25, 0.3) is 0 Å². The van der Waals surface area contributed by atoms with E-state index in [1.165, 1.54) is 0 Å². The lowest BCUT2D eigenvalue weighted by Crippen LogP contribution is -2.22. The minimum absolute atomic E-state index is 0.0481. The molecular formula is C24H22O2. The smallest absolute Gasteiger partial charge is 0.170 e. The van der Waals surface area contributed by atoms with Gasteiger partial charge >= 0.3 is 0 Å². The van der Waals surface area contributed by atoms with Crippen molar-refractivity contribution >= 4 is 11.6 Å². The van der Waals surface area contributed by atoms with Crippen molar-refractivity contribution in [1.82, 2.24) is 0 Å². The van der Waals surface area contributed by atoms with Crippen molar-refractivity contribution in [3.63, 3.8) is 0 Å². The van der Waals surface area contributed by atoms with E-state index in [4.69, 9.17) is 0 Å². The normalized spacial score (nSPS) is 13.0. The Morgan fingerprint density at radius 1 is 0.692 bits per heavy atom. The van der Waals surface area contributed by atoms with Crippen LogP contribution in [0.2, 0.25) is 0 Å². The molecule has 0 radical (unpaired) electrons. The molecular weight excluding hydrogens is 320 g/mol. The molecule has 0 saturated heterocycles. The minimum atomic E-state index is -0.398. The van der Waals surface area contributed by atoms with Crippen LogP contribution in [0.1, 0.15) is 46.7 Å². The third-order valence-corrected chi connectivity index (χ3v) is 4.64. The van der Waals surface area contributed by atoms with Gasteiger partial charge in [0, 0.05) is 17.9 Å². The van der Waals surface area contributed by atoms with Gasteiger partial charge in [-0.3, -0.25) is 4.79 Å². The molecule has 2 nitrogen and oxygen atoms in total. The Morgan fingerprint density at radius 3 is 1.65 bits per heavy atom. The molecule has 0 spiro atoms. The molecule has 3 rings (SSSR count). The summed E-state index contributed by atoms with van der Waals surface area (Å²) in [5, 5.41) is 0. The second-order valence-corrected chi connectivity index (χ2v) is 6.54. The number of hydrogen-bond donors (Lipinski definition) is 0. The first-order valence-electron chi connectivity index (χ1n) is 8.85. The van der Waals surface area contributed by atoms with E-state index in [-0.39, 0.29) is 17.5 Å². The van der Waals surface area contributed by atoms with Crippen molar-refractivity contribution in [3.8, 4) is 0 Å². The van der Waals surface area contributed by atoms with E-state index >= 15 is 0 Å². The molecule has 3 aromatic carbocycles. The molecule has 3 aromatic rings. The average Bonchev–Trinajstić information content (AvgIpc) is 2.69. The fourth-order valence-corrected chi connectivity index (χ4v) is 3.45. The highest BCUT2D eigenvalue weighted by Gasteiger charge is 2.32. The van der Waals surface area contributed by atoms with Gasteiger partial charge in [-0.25, -0.2) is 0 Å². The third-order valence-electron chi connectivity index (χ3n) is 4.64. The molecule has 2 atom stereocenters. The second-order valence-electron chi connectivity index (χ2n) is 6.54. The molecule has 0 fully saturated rings. The highest BCUT2D eigenvalue weighted by molar-refractivity contribution is 6.02. The third kappa shape index (κ3) is 4.15. The summed E-state index contributed by atoms with van der Waals surface area (Å²) >= 11 is 0. The average molecular weight is 342 g/mol. The van der Waals surface area contributed by atoms with Gasteiger partial charge in [-0.2, -0.15) is 0 Å². The van der Waals surface area contributed by atoms with E-state index in [0.717, 1.165) is 11.1 Å². The van der Waals surface area contributed by atoms with Gasteiger partial charge in [0.15, 0.2) is 5.78 Å². The number of benzene rings is 3. The van der Waals surface area contributed by atoms with Crippen LogP contribution in [0, 0.1) is 0 Å². The van der Waals surface area contributed by atoms with Crippen molar-refractivity contribution in [2.24, 2.45) is 0 Å². The molecule has 2 heteroatoms. The van der Waals surface area contributed by atoms with Crippen LogP contribution in [-0.2, 0) is 4.79 Å². The number of hydrogen-bond acceptors (Lipinski definition) is 2. The highest BCUT2D eigenvalue weighted by Crippen LogP contribution is 2.38. The van der Waals surface area contributed by atoms with Gasteiger partial charge < -0.3 is 4.79 Å². The summed E-state index contributed by atoms with van der Waals surface area (Å²) in [6.45, 7) is 1.59. The fraction of sp³-hybridized carbons (Fsp3) is 0.167. The standard InChI is InChI=1S/C24H22O2/c1-18(25)17-22(19-11-5-2-6-12-19)23(20-13-7-3-8-14-20)24(26)21-15-9-4-10-16-21/h2-16,22-23H,17H2,1H3. The van der Waals surface area contributed by atoms with Gasteiger partial charge in [0.25, 0.3) is 0 Å². The topological polar surface area (TPSA) is 34.1 Å². The summed E-state index contributed by atoms with van der Waals surface area (Å²) in [6.07, 6.45) is 0.335. The van der Waals surface area contributed by atoms with E-state index in [9.17, 15) is 9.59 Å². The molecule has 130 valence electrons. The number of Topliss-reactive ketones (excluding diaryl/α,β-unsaturated/α-hetero) is 2. The number of carbonyl (C=O) groups is 2. The Labute approximate surface area is 154 Å². The van der Waals surface area contributed by atoms with Crippen LogP contribution in [0.15, 0.2) is 91.0 Å². The van der Waals surface area contributed by atoms with Crippen LogP contribution < -0.4 is 0 Å². The summed E-state index contributed by atoms with van der Waals surface area (Å²) in [6, 6.07) is 29.0. The Balaban J connectivity index is 2.11.